The van der Waals surface area contributed by atoms with Crippen molar-refractivity contribution in [1.82, 2.24) is 15.3 Å². The third kappa shape index (κ3) is 4.61. The van der Waals surface area contributed by atoms with E-state index in [9.17, 15) is 4.79 Å². The van der Waals surface area contributed by atoms with Crippen molar-refractivity contribution in [3.63, 3.8) is 0 Å². The minimum atomic E-state index is -0.524. The molecule has 0 aliphatic heterocycles. The quantitative estimate of drug-likeness (QED) is 0.548. The minimum absolute atomic E-state index is 0.455. The average molecular weight is 266 g/mol. The molecule has 0 aliphatic carbocycles. The van der Waals surface area contributed by atoms with Crippen LogP contribution in [-0.4, -0.2) is 36.1 Å². The number of nitrogens with two attached hydrogens (primary N) is 1. The Morgan fingerprint density at radius 1 is 1.26 bits per heavy atom. The maximum absolute atomic E-state index is 10.6. The molecule has 7 nitrogen and oxygen atoms in total. The van der Waals surface area contributed by atoms with Crippen molar-refractivity contribution >= 4 is 17.7 Å². The second-order valence-electron chi connectivity index (χ2n) is 4.18. The Morgan fingerprint density at radius 3 is 2.53 bits per heavy atom. The van der Waals surface area contributed by atoms with Gasteiger partial charge in [-0.1, -0.05) is 6.92 Å². The fourth-order valence-electron chi connectivity index (χ4n) is 1.68. The van der Waals surface area contributed by atoms with Crippen molar-refractivity contribution < 1.29 is 4.79 Å². The first-order valence-electron chi connectivity index (χ1n) is 6.40. The largest absolute Gasteiger partial charge is 0.373 e. The molecule has 1 aromatic heterocycles. The monoisotopic (exact) mass is 266 g/mol. The van der Waals surface area contributed by atoms with Crippen molar-refractivity contribution in [2.75, 3.05) is 30.8 Å². The van der Waals surface area contributed by atoms with E-state index < -0.39 is 6.03 Å². The number of hydrogen-bond donors (Lipinski definition) is 4. The molecule has 0 spiro atoms. The average Bonchev–Trinajstić information content (AvgIpc) is 2.37. The summed E-state index contributed by atoms with van der Waals surface area (Å²) in [6.45, 7) is 5.06. The first kappa shape index (κ1) is 15.0. The highest BCUT2D eigenvalue weighted by atomic mass is 16.2. The molecule has 1 heterocycles. The summed E-state index contributed by atoms with van der Waals surface area (Å²) in [6, 6.07) is -0.524. The Bertz CT molecular complexity index is 434. The summed E-state index contributed by atoms with van der Waals surface area (Å²) >= 11 is 0. The van der Waals surface area contributed by atoms with E-state index in [1.807, 2.05) is 14.0 Å². The van der Waals surface area contributed by atoms with Crippen LogP contribution in [0.25, 0.3) is 0 Å². The number of urea groups is 1. The highest BCUT2D eigenvalue weighted by Crippen LogP contribution is 2.19. The van der Waals surface area contributed by atoms with E-state index in [0.717, 1.165) is 35.9 Å². The number of rotatable bonds is 7. The molecule has 0 fully saturated rings. The lowest BCUT2D eigenvalue weighted by Gasteiger charge is -2.13. The number of carbonyl (C=O) groups is 1. The topological polar surface area (TPSA) is 105 Å². The Balaban J connectivity index is 2.74. The zero-order valence-corrected chi connectivity index (χ0v) is 11.7. The van der Waals surface area contributed by atoms with E-state index >= 15 is 0 Å². The van der Waals surface area contributed by atoms with E-state index in [2.05, 4.69) is 32.8 Å². The van der Waals surface area contributed by atoms with E-state index in [0.29, 0.717) is 13.1 Å². The van der Waals surface area contributed by atoms with Crippen molar-refractivity contribution in [3.05, 3.63) is 11.4 Å². The van der Waals surface area contributed by atoms with Gasteiger partial charge >= 0.3 is 6.03 Å². The van der Waals surface area contributed by atoms with Crippen LogP contribution in [0, 0.1) is 6.92 Å². The third-order valence-electron chi connectivity index (χ3n) is 2.62. The van der Waals surface area contributed by atoms with Gasteiger partial charge in [0.2, 0.25) is 0 Å². The zero-order chi connectivity index (χ0) is 14.3. The lowest BCUT2D eigenvalue weighted by atomic mass is 10.2. The van der Waals surface area contributed by atoms with Crippen LogP contribution in [-0.2, 0) is 6.42 Å². The number of aryl methyl sites for hydroxylation is 1. The fraction of sp³-hybridized carbons (Fsp3) is 0.583. The molecule has 0 radical (unpaired) electrons. The van der Waals surface area contributed by atoms with Gasteiger partial charge in [0.25, 0.3) is 0 Å². The maximum Gasteiger partial charge on any atom is 0.312 e. The van der Waals surface area contributed by atoms with Crippen LogP contribution in [0.5, 0.6) is 0 Å². The van der Waals surface area contributed by atoms with Crippen LogP contribution < -0.4 is 21.7 Å². The van der Waals surface area contributed by atoms with Gasteiger partial charge < -0.3 is 21.7 Å². The number of carbonyl (C=O) groups excluding carboxylic acids is 1. The summed E-state index contributed by atoms with van der Waals surface area (Å²) in [4.78, 5) is 19.5. The standard InChI is InChI=1S/C12H22N6O/c1-4-5-9-17-10(14-3)8(2)11(18-9)15-6-7-16-12(13)19/h4-7H2,1-3H3,(H3,13,16,19)(H2,14,15,17,18). The van der Waals surface area contributed by atoms with Crippen LogP contribution in [0.1, 0.15) is 24.7 Å². The molecular weight excluding hydrogens is 244 g/mol. The Kier molecular flexibility index (Phi) is 5.84. The summed E-state index contributed by atoms with van der Waals surface area (Å²) in [6.07, 6.45) is 1.83. The molecule has 0 saturated carbocycles. The lowest BCUT2D eigenvalue weighted by molar-refractivity contribution is 0.249. The van der Waals surface area contributed by atoms with Crippen molar-refractivity contribution in [2.45, 2.75) is 26.7 Å². The smallest absolute Gasteiger partial charge is 0.312 e. The highest BCUT2D eigenvalue weighted by Gasteiger charge is 2.09. The van der Waals surface area contributed by atoms with E-state index in [-0.39, 0.29) is 0 Å². The van der Waals surface area contributed by atoms with Gasteiger partial charge in [-0.05, 0) is 13.3 Å². The van der Waals surface area contributed by atoms with Crippen LogP contribution in [0.2, 0.25) is 0 Å². The third-order valence-corrected chi connectivity index (χ3v) is 2.62. The number of nitrogens with zero attached hydrogens (tertiary/aromatic N) is 2. The second kappa shape index (κ2) is 7.40. The van der Waals surface area contributed by atoms with Crippen LogP contribution in [0.3, 0.4) is 0 Å². The number of primary amides is 1. The number of anilines is 2. The first-order valence-corrected chi connectivity index (χ1v) is 6.40. The van der Waals surface area contributed by atoms with Gasteiger partial charge in [0, 0.05) is 32.1 Å². The molecule has 7 heteroatoms. The molecule has 106 valence electrons. The van der Waals surface area contributed by atoms with Crippen LogP contribution in [0.4, 0.5) is 16.4 Å². The molecule has 0 aromatic carbocycles. The summed E-state index contributed by atoms with van der Waals surface area (Å²) in [5.41, 5.74) is 5.96. The zero-order valence-electron chi connectivity index (χ0n) is 11.7. The number of nitrogens with one attached hydrogen (secondary N) is 3. The molecule has 0 atom stereocenters. The highest BCUT2D eigenvalue weighted by molar-refractivity contribution is 5.71. The van der Waals surface area contributed by atoms with Gasteiger partial charge in [-0.15, -0.1) is 0 Å². The van der Waals surface area contributed by atoms with Gasteiger partial charge in [-0.3, -0.25) is 0 Å². The molecule has 0 aliphatic rings. The predicted molar refractivity (Wildman–Crippen MR) is 76.4 cm³/mol. The maximum atomic E-state index is 10.6. The first-order chi connectivity index (χ1) is 9.08. The fourth-order valence-corrected chi connectivity index (χ4v) is 1.68. The molecule has 1 aromatic rings. The summed E-state index contributed by atoms with van der Waals surface area (Å²) in [5, 5.41) is 8.76. The van der Waals surface area contributed by atoms with Gasteiger partial charge in [0.15, 0.2) is 0 Å². The molecule has 0 saturated heterocycles. The van der Waals surface area contributed by atoms with E-state index in [4.69, 9.17) is 5.73 Å². The van der Waals surface area contributed by atoms with E-state index in [1.54, 1.807) is 0 Å². The number of amides is 2. The van der Waals surface area contributed by atoms with Crippen LogP contribution >= 0.6 is 0 Å². The van der Waals surface area contributed by atoms with Gasteiger partial charge in [-0.25, -0.2) is 14.8 Å². The number of hydrogen-bond acceptors (Lipinski definition) is 5. The summed E-state index contributed by atoms with van der Waals surface area (Å²) in [5.74, 6) is 2.42. The molecule has 19 heavy (non-hydrogen) atoms. The molecule has 0 bridgehead atoms. The molecule has 2 amide bonds. The molecule has 5 N–H and O–H groups in total. The molecular formula is C12H22N6O. The van der Waals surface area contributed by atoms with Crippen molar-refractivity contribution in [3.8, 4) is 0 Å². The second-order valence-corrected chi connectivity index (χ2v) is 4.18. The summed E-state index contributed by atoms with van der Waals surface area (Å²) in [7, 11) is 1.84. The van der Waals surface area contributed by atoms with Crippen LogP contribution in [0.15, 0.2) is 0 Å². The molecule has 0 unspecified atom stereocenters. The van der Waals surface area contributed by atoms with E-state index in [1.165, 1.54) is 0 Å². The number of aromatic nitrogens is 2. The Labute approximate surface area is 113 Å². The van der Waals surface area contributed by atoms with Gasteiger partial charge in [-0.2, -0.15) is 0 Å². The van der Waals surface area contributed by atoms with Crippen molar-refractivity contribution in [1.29, 1.82) is 0 Å². The van der Waals surface area contributed by atoms with Gasteiger partial charge in [0.1, 0.15) is 17.5 Å². The predicted octanol–water partition coefficient (Wildman–Crippen LogP) is 0.859. The minimum Gasteiger partial charge on any atom is -0.373 e. The lowest BCUT2D eigenvalue weighted by Crippen LogP contribution is -2.33. The Hall–Kier alpha value is -2.05. The Morgan fingerprint density at radius 2 is 1.95 bits per heavy atom. The SMILES string of the molecule is CCCc1nc(NC)c(C)c(NCCNC(N)=O)n1. The summed E-state index contributed by atoms with van der Waals surface area (Å²) < 4.78 is 0. The normalized spacial score (nSPS) is 10.1. The van der Waals surface area contributed by atoms with Crippen molar-refractivity contribution in [2.24, 2.45) is 5.73 Å². The van der Waals surface area contributed by atoms with Gasteiger partial charge in [0.05, 0.1) is 0 Å². The molecule has 1 rings (SSSR count).